The summed E-state index contributed by atoms with van der Waals surface area (Å²) in [7, 11) is 0. The maximum absolute atomic E-state index is 10.9. The number of hydrogen-bond acceptors (Lipinski definition) is 6. The Labute approximate surface area is 308 Å². The zero-order valence-electron chi connectivity index (χ0n) is 28.3. The molecule has 54 heavy (non-hydrogen) atoms. The summed E-state index contributed by atoms with van der Waals surface area (Å²) >= 11 is 0. The van der Waals surface area contributed by atoms with E-state index in [-0.39, 0.29) is 0 Å². The molecule has 0 spiro atoms. The van der Waals surface area contributed by atoms with Gasteiger partial charge in [0.25, 0.3) is 0 Å². The number of fused-ring (bicyclic) bond motifs is 6. The highest BCUT2D eigenvalue weighted by atomic mass is 15.0. The van der Waals surface area contributed by atoms with Crippen molar-refractivity contribution in [2.45, 2.75) is 0 Å². The maximum atomic E-state index is 10.9. The fourth-order valence-corrected chi connectivity index (χ4v) is 7.44. The Morgan fingerprint density at radius 3 is 1.28 bits per heavy atom. The van der Waals surface area contributed by atoms with Crippen molar-refractivity contribution in [3.63, 3.8) is 0 Å². The van der Waals surface area contributed by atoms with E-state index in [1.807, 2.05) is 114 Å². The lowest BCUT2D eigenvalue weighted by molar-refractivity contribution is 1.13. The van der Waals surface area contributed by atoms with Gasteiger partial charge < -0.3 is 9.13 Å². The summed E-state index contributed by atoms with van der Waals surface area (Å²) in [5.41, 5.74) is 9.81. The highest BCUT2D eigenvalue weighted by Crippen LogP contribution is 2.41. The van der Waals surface area contributed by atoms with Crippen LogP contribution in [-0.4, -0.2) is 14.1 Å². The average Bonchev–Trinajstić information content (AvgIpc) is 3.74. The van der Waals surface area contributed by atoms with Gasteiger partial charge in [0.15, 0.2) is 0 Å². The zero-order valence-corrected chi connectivity index (χ0v) is 28.3. The Kier molecular flexibility index (Phi) is 7.22. The lowest BCUT2D eigenvalue weighted by atomic mass is 10.0. The summed E-state index contributed by atoms with van der Waals surface area (Å²) in [6.45, 7) is 0. The lowest BCUT2D eigenvalue weighted by Gasteiger charge is -2.19. The number of aromatic nitrogens is 3. The molecule has 6 aromatic carbocycles. The molecule has 9 rings (SSSR count). The first-order valence-electron chi connectivity index (χ1n) is 16.9. The molecular weight excluding hydrogens is 665 g/mol. The first-order valence-corrected chi connectivity index (χ1v) is 16.9. The molecular formula is C46H22N8. The number of hydrogen-bond donors (Lipinski definition) is 0. The normalized spacial score (nSPS) is 10.9. The zero-order chi connectivity index (χ0) is 36.9. The van der Waals surface area contributed by atoms with Gasteiger partial charge in [-0.05, 0) is 97.1 Å². The molecule has 0 saturated carbocycles. The highest BCUT2D eigenvalue weighted by molar-refractivity contribution is 6.12. The van der Waals surface area contributed by atoms with Crippen LogP contribution in [0.5, 0.6) is 0 Å². The molecule has 0 aliphatic carbocycles. The predicted octanol–water partition coefficient (Wildman–Crippen LogP) is 9.97. The van der Waals surface area contributed by atoms with E-state index in [9.17, 15) is 26.3 Å². The first kappa shape index (κ1) is 31.5. The maximum Gasteiger partial charge on any atom is 0.101 e. The van der Waals surface area contributed by atoms with Crippen LogP contribution in [0.3, 0.4) is 0 Å². The molecule has 0 amide bonds. The summed E-state index contributed by atoms with van der Waals surface area (Å²) in [5.74, 6) is 0. The van der Waals surface area contributed by atoms with E-state index >= 15 is 0 Å². The third-order valence-corrected chi connectivity index (χ3v) is 9.86. The van der Waals surface area contributed by atoms with Crippen LogP contribution in [0.2, 0.25) is 0 Å². The van der Waals surface area contributed by atoms with Crippen molar-refractivity contribution < 1.29 is 0 Å². The van der Waals surface area contributed by atoms with E-state index in [1.54, 1.807) is 24.3 Å². The Morgan fingerprint density at radius 1 is 0.389 bits per heavy atom. The summed E-state index contributed by atoms with van der Waals surface area (Å²) in [4.78, 5) is 5.18. The van der Waals surface area contributed by atoms with Crippen LogP contribution in [0.1, 0.15) is 27.8 Å². The van der Waals surface area contributed by atoms with Crippen LogP contribution < -0.4 is 0 Å². The monoisotopic (exact) mass is 686 g/mol. The van der Waals surface area contributed by atoms with Crippen LogP contribution in [0.15, 0.2) is 133 Å². The molecule has 3 aromatic heterocycles. The van der Waals surface area contributed by atoms with E-state index in [4.69, 9.17) is 4.98 Å². The third-order valence-electron chi connectivity index (χ3n) is 9.86. The van der Waals surface area contributed by atoms with Crippen LogP contribution in [0, 0.1) is 56.7 Å². The quantitative estimate of drug-likeness (QED) is 0.180. The second-order valence-corrected chi connectivity index (χ2v) is 12.8. The molecule has 0 saturated heterocycles. The first-order chi connectivity index (χ1) is 26.5. The molecule has 0 aliphatic rings. The van der Waals surface area contributed by atoms with E-state index in [1.165, 1.54) is 0 Å². The minimum atomic E-state index is 0.373. The summed E-state index contributed by atoms with van der Waals surface area (Å²) in [5, 5.41) is 53.3. The van der Waals surface area contributed by atoms with Gasteiger partial charge in [-0.3, -0.25) is 0 Å². The summed E-state index contributed by atoms with van der Waals surface area (Å²) < 4.78 is 4.07. The van der Waals surface area contributed by atoms with Gasteiger partial charge in [-0.25, -0.2) is 4.98 Å². The lowest BCUT2D eigenvalue weighted by Crippen LogP contribution is -2.04. The van der Waals surface area contributed by atoms with E-state index < -0.39 is 0 Å². The standard InChI is InChI=1S/C46H22N8/c47-23-28-9-13-41-34(17-28)35-18-29(24-48)10-14-42(35)53(41)45-22-38(40-8-4-7-39(52-40)32-5-2-1-3-6-32)46(21-33(45)27-51)54-43-15-11-30(25-49)19-36(43)37-20-31(26-50)12-16-44(37)54/h1-22H. The molecule has 0 unspecified atom stereocenters. The van der Waals surface area contributed by atoms with Crippen molar-refractivity contribution in [3.8, 4) is 64.2 Å². The Bertz CT molecular complexity index is 3130. The SMILES string of the molecule is N#Cc1ccc2c(c1)c1cc(C#N)ccc1n2-c1cc(-c2cccc(-c3ccccc3)n2)c(-n2c3ccc(C#N)cc3c3cc(C#N)ccc32)cc1C#N. The predicted molar refractivity (Wildman–Crippen MR) is 207 cm³/mol. The fraction of sp³-hybridized carbons (Fsp3) is 0. The van der Waals surface area contributed by atoms with Crippen molar-refractivity contribution in [2.24, 2.45) is 0 Å². The highest BCUT2D eigenvalue weighted by Gasteiger charge is 2.23. The molecule has 8 nitrogen and oxygen atoms in total. The van der Waals surface area contributed by atoms with Crippen LogP contribution >= 0.6 is 0 Å². The molecule has 3 heterocycles. The second-order valence-electron chi connectivity index (χ2n) is 12.8. The van der Waals surface area contributed by atoms with Gasteiger partial charge >= 0.3 is 0 Å². The molecule has 0 radical (unpaired) electrons. The van der Waals surface area contributed by atoms with Gasteiger partial charge in [-0.15, -0.1) is 0 Å². The molecule has 8 heteroatoms. The minimum Gasteiger partial charge on any atom is -0.309 e. The van der Waals surface area contributed by atoms with Crippen LogP contribution in [-0.2, 0) is 0 Å². The molecule has 0 fully saturated rings. The largest absolute Gasteiger partial charge is 0.309 e. The Morgan fingerprint density at radius 2 is 0.833 bits per heavy atom. The Hall–Kier alpha value is -8.48. The Balaban J connectivity index is 1.43. The number of pyridine rings is 1. The van der Waals surface area contributed by atoms with Crippen LogP contribution in [0.4, 0.5) is 0 Å². The van der Waals surface area contributed by atoms with Crippen molar-refractivity contribution >= 4 is 43.6 Å². The number of nitrogens with zero attached hydrogens (tertiary/aromatic N) is 8. The van der Waals surface area contributed by atoms with E-state index in [0.29, 0.717) is 44.9 Å². The molecule has 0 atom stereocenters. The van der Waals surface area contributed by atoms with Crippen LogP contribution in [0.25, 0.3) is 77.5 Å². The van der Waals surface area contributed by atoms with Gasteiger partial charge in [0.05, 0.1) is 96.9 Å². The molecule has 0 aliphatic heterocycles. The number of nitriles is 5. The second kappa shape index (κ2) is 12.4. The molecule has 246 valence electrons. The van der Waals surface area contributed by atoms with Crippen molar-refractivity contribution in [1.82, 2.24) is 14.1 Å². The van der Waals surface area contributed by atoms with Crippen molar-refractivity contribution in [3.05, 3.63) is 161 Å². The number of rotatable bonds is 4. The minimum absolute atomic E-state index is 0.373. The van der Waals surface area contributed by atoms with Gasteiger partial charge in [0.2, 0.25) is 0 Å². The molecule has 9 aromatic rings. The smallest absolute Gasteiger partial charge is 0.101 e. The van der Waals surface area contributed by atoms with E-state index in [0.717, 1.165) is 60.4 Å². The van der Waals surface area contributed by atoms with E-state index in [2.05, 4.69) is 34.9 Å². The molecule has 0 bridgehead atoms. The van der Waals surface area contributed by atoms with Gasteiger partial charge in [0.1, 0.15) is 6.07 Å². The van der Waals surface area contributed by atoms with Gasteiger partial charge in [0, 0.05) is 32.7 Å². The summed E-state index contributed by atoms with van der Waals surface area (Å²) in [6.07, 6.45) is 0. The fourth-order valence-electron chi connectivity index (χ4n) is 7.44. The number of benzene rings is 6. The van der Waals surface area contributed by atoms with Crippen molar-refractivity contribution in [2.75, 3.05) is 0 Å². The van der Waals surface area contributed by atoms with Gasteiger partial charge in [-0.2, -0.15) is 26.3 Å². The topological polar surface area (TPSA) is 142 Å². The van der Waals surface area contributed by atoms with Crippen molar-refractivity contribution in [1.29, 1.82) is 26.3 Å². The summed E-state index contributed by atoms with van der Waals surface area (Å²) in [6, 6.07) is 52.8. The van der Waals surface area contributed by atoms with Gasteiger partial charge in [-0.1, -0.05) is 36.4 Å². The average molecular weight is 687 g/mol. The third kappa shape index (κ3) is 4.84. The molecule has 0 N–H and O–H groups in total.